The summed E-state index contributed by atoms with van der Waals surface area (Å²) in [5.41, 5.74) is 1.19. The van der Waals surface area contributed by atoms with Crippen molar-refractivity contribution in [2.45, 2.75) is 24.7 Å². The molecular formula is C21H24ClN3O5S. The minimum atomic E-state index is -3.79. The summed E-state index contributed by atoms with van der Waals surface area (Å²) >= 11 is 6.09. The molecule has 2 amide bonds. The molecule has 0 bridgehead atoms. The molecule has 1 unspecified atom stereocenters. The average Bonchev–Trinajstić information content (AvgIpc) is 2.74. The second-order valence-electron chi connectivity index (χ2n) is 7.25. The maximum Gasteiger partial charge on any atom is 0.243 e. The van der Waals surface area contributed by atoms with Crippen molar-refractivity contribution in [3.05, 3.63) is 47.5 Å². The zero-order valence-corrected chi connectivity index (χ0v) is 18.8. The Morgan fingerprint density at radius 2 is 1.74 bits per heavy atom. The van der Waals surface area contributed by atoms with Crippen molar-refractivity contribution in [3.63, 3.8) is 0 Å². The van der Waals surface area contributed by atoms with Gasteiger partial charge in [-0.15, -0.1) is 0 Å². The Kier molecular flexibility index (Phi) is 7.19. The van der Waals surface area contributed by atoms with E-state index in [1.165, 1.54) is 36.5 Å². The Morgan fingerprint density at radius 3 is 2.32 bits per heavy atom. The van der Waals surface area contributed by atoms with E-state index in [0.29, 0.717) is 36.5 Å². The lowest BCUT2D eigenvalue weighted by Crippen LogP contribution is -2.43. The second kappa shape index (κ2) is 9.67. The number of piperidine rings is 1. The Labute approximate surface area is 186 Å². The molecule has 1 fully saturated rings. The minimum Gasteiger partial charge on any atom is -0.495 e. The zero-order chi connectivity index (χ0) is 22.6. The molecule has 2 N–H and O–H groups in total. The molecule has 1 aliphatic heterocycles. The first kappa shape index (κ1) is 23.1. The molecule has 2 aromatic rings. The molecule has 1 heterocycles. The topological polar surface area (TPSA) is 105 Å². The van der Waals surface area contributed by atoms with Gasteiger partial charge in [-0.25, -0.2) is 8.42 Å². The fourth-order valence-electron chi connectivity index (χ4n) is 3.42. The lowest BCUT2D eigenvalue weighted by molar-refractivity contribution is -0.121. The number of amides is 2. The molecule has 1 aliphatic rings. The Balaban J connectivity index is 1.68. The normalized spacial score (nSPS) is 17.1. The molecule has 31 heavy (non-hydrogen) atoms. The molecule has 0 radical (unpaired) electrons. The molecule has 0 aliphatic carbocycles. The van der Waals surface area contributed by atoms with Gasteiger partial charge in [0.25, 0.3) is 0 Å². The van der Waals surface area contributed by atoms with Crippen LogP contribution >= 0.6 is 11.6 Å². The number of halogens is 1. The van der Waals surface area contributed by atoms with E-state index in [4.69, 9.17) is 16.3 Å². The Bertz CT molecular complexity index is 1070. The highest BCUT2D eigenvalue weighted by Gasteiger charge is 2.33. The summed E-state index contributed by atoms with van der Waals surface area (Å²) in [5, 5.41) is 5.68. The first-order valence-electron chi connectivity index (χ1n) is 9.73. The Morgan fingerprint density at radius 1 is 1.10 bits per heavy atom. The summed E-state index contributed by atoms with van der Waals surface area (Å²) in [6, 6.07) is 11.0. The highest BCUT2D eigenvalue weighted by Crippen LogP contribution is 2.30. The molecule has 0 saturated carbocycles. The predicted molar refractivity (Wildman–Crippen MR) is 119 cm³/mol. The number of rotatable bonds is 6. The van der Waals surface area contributed by atoms with Crippen LogP contribution in [0.1, 0.15) is 19.8 Å². The van der Waals surface area contributed by atoms with E-state index in [-0.39, 0.29) is 28.3 Å². The molecule has 10 heteroatoms. The third kappa shape index (κ3) is 5.55. The van der Waals surface area contributed by atoms with Gasteiger partial charge in [-0.05, 0) is 55.3 Å². The quantitative estimate of drug-likeness (QED) is 0.680. The van der Waals surface area contributed by atoms with Gasteiger partial charge < -0.3 is 15.4 Å². The molecule has 166 valence electrons. The van der Waals surface area contributed by atoms with Crippen molar-refractivity contribution < 1.29 is 22.7 Å². The predicted octanol–water partition coefficient (Wildman–Crippen LogP) is 3.35. The summed E-state index contributed by atoms with van der Waals surface area (Å²) in [5.74, 6) is -0.522. The molecule has 0 aromatic heterocycles. The van der Waals surface area contributed by atoms with E-state index >= 15 is 0 Å². The number of anilines is 2. The number of benzene rings is 2. The summed E-state index contributed by atoms with van der Waals surface area (Å²) < 4.78 is 32.5. The third-order valence-corrected chi connectivity index (χ3v) is 7.15. The minimum absolute atomic E-state index is 0.0629. The standard InChI is InChI=1S/C21H24ClN3O5S/c1-14(26)23-16-5-7-17(8-6-16)24-21(27)15-4-3-11-25(13-15)31(28,29)18-9-10-20(30-2)19(22)12-18/h5-10,12,15H,3-4,11,13H2,1-2H3,(H,23,26)(H,24,27). The van der Waals surface area contributed by atoms with Gasteiger partial charge in [0.2, 0.25) is 21.8 Å². The molecule has 2 aromatic carbocycles. The number of nitrogens with zero attached hydrogens (tertiary/aromatic N) is 1. The summed E-state index contributed by atoms with van der Waals surface area (Å²) in [6.07, 6.45) is 1.16. The van der Waals surface area contributed by atoms with Gasteiger partial charge in [0, 0.05) is 31.4 Å². The van der Waals surface area contributed by atoms with Crippen molar-refractivity contribution in [1.29, 1.82) is 0 Å². The van der Waals surface area contributed by atoms with E-state index in [2.05, 4.69) is 10.6 Å². The largest absolute Gasteiger partial charge is 0.495 e. The number of carbonyl (C=O) groups excluding carboxylic acids is 2. The molecule has 3 rings (SSSR count). The van der Waals surface area contributed by atoms with Crippen LogP contribution in [-0.4, -0.2) is 44.7 Å². The highest BCUT2D eigenvalue weighted by atomic mass is 35.5. The fourth-order valence-corrected chi connectivity index (χ4v) is 5.29. The number of ether oxygens (including phenoxy) is 1. The van der Waals surface area contributed by atoms with E-state index < -0.39 is 15.9 Å². The zero-order valence-electron chi connectivity index (χ0n) is 17.2. The van der Waals surface area contributed by atoms with Gasteiger partial charge in [-0.3, -0.25) is 9.59 Å². The molecule has 1 saturated heterocycles. The molecule has 8 nitrogen and oxygen atoms in total. The number of nitrogens with one attached hydrogen (secondary N) is 2. The average molecular weight is 466 g/mol. The van der Waals surface area contributed by atoms with Crippen LogP contribution in [0.5, 0.6) is 5.75 Å². The number of hydrogen-bond acceptors (Lipinski definition) is 5. The van der Waals surface area contributed by atoms with Crippen molar-refractivity contribution in [2.75, 3.05) is 30.8 Å². The van der Waals surface area contributed by atoms with E-state index in [0.717, 1.165) is 0 Å². The Hall–Kier alpha value is -2.62. The number of sulfonamides is 1. The van der Waals surface area contributed by atoms with Crippen molar-refractivity contribution in [3.8, 4) is 5.75 Å². The smallest absolute Gasteiger partial charge is 0.243 e. The van der Waals surface area contributed by atoms with Gasteiger partial charge in [0.15, 0.2) is 0 Å². The second-order valence-corrected chi connectivity index (χ2v) is 9.59. The van der Waals surface area contributed by atoms with Gasteiger partial charge in [0.1, 0.15) is 5.75 Å². The van der Waals surface area contributed by atoms with E-state index in [1.54, 1.807) is 24.3 Å². The maximum atomic E-state index is 13.1. The molecule has 0 spiro atoms. The molecule has 1 atom stereocenters. The fraction of sp³-hybridized carbons (Fsp3) is 0.333. The first-order chi connectivity index (χ1) is 14.7. The van der Waals surface area contributed by atoms with E-state index in [1.807, 2.05) is 0 Å². The highest BCUT2D eigenvalue weighted by molar-refractivity contribution is 7.89. The molecular weight excluding hydrogens is 442 g/mol. The summed E-state index contributed by atoms with van der Waals surface area (Å²) in [6.45, 7) is 1.83. The van der Waals surface area contributed by atoms with Gasteiger partial charge in [-0.1, -0.05) is 11.6 Å². The summed E-state index contributed by atoms with van der Waals surface area (Å²) in [7, 11) is -2.34. The van der Waals surface area contributed by atoms with Crippen molar-refractivity contribution in [1.82, 2.24) is 4.31 Å². The van der Waals surface area contributed by atoms with Crippen LogP contribution in [0.3, 0.4) is 0 Å². The van der Waals surface area contributed by atoms with Crippen LogP contribution in [0.4, 0.5) is 11.4 Å². The number of carbonyl (C=O) groups is 2. The lowest BCUT2D eigenvalue weighted by atomic mass is 9.98. The third-order valence-electron chi connectivity index (χ3n) is 4.99. The van der Waals surface area contributed by atoms with Crippen molar-refractivity contribution >= 4 is 44.8 Å². The van der Waals surface area contributed by atoms with Gasteiger partial charge in [0.05, 0.1) is 22.9 Å². The lowest BCUT2D eigenvalue weighted by Gasteiger charge is -2.31. The monoisotopic (exact) mass is 465 g/mol. The van der Waals surface area contributed by atoms with Gasteiger partial charge in [-0.2, -0.15) is 4.31 Å². The van der Waals surface area contributed by atoms with Crippen LogP contribution < -0.4 is 15.4 Å². The van der Waals surface area contributed by atoms with Gasteiger partial charge >= 0.3 is 0 Å². The number of hydrogen-bond donors (Lipinski definition) is 2. The SMILES string of the molecule is COc1ccc(S(=O)(=O)N2CCCC(C(=O)Nc3ccc(NC(C)=O)cc3)C2)cc1Cl. The summed E-state index contributed by atoms with van der Waals surface area (Å²) in [4.78, 5) is 23.9. The van der Waals surface area contributed by atoms with Crippen LogP contribution in [0, 0.1) is 5.92 Å². The first-order valence-corrected chi connectivity index (χ1v) is 11.5. The van der Waals surface area contributed by atoms with Crippen molar-refractivity contribution in [2.24, 2.45) is 5.92 Å². The van der Waals surface area contributed by atoms with Crippen LogP contribution in [-0.2, 0) is 19.6 Å². The van der Waals surface area contributed by atoms with Crippen LogP contribution in [0.2, 0.25) is 5.02 Å². The van der Waals surface area contributed by atoms with E-state index in [9.17, 15) is 18.0 Å². The van der Waals surface area contributed by atoms with Crippen LogP contribution in [0.15, 0.2) is 47.4 Å². The number of methoxy groups -OCH3 is 1. The maximum absolute atomic E-state index is 13.1. The van der Waals surface area contributed by atoms with Crippen LogP contribution in [0.25, 0.3) is 0 Å².